The van der Waals surface area contributed by atoms with Crippen molar-refractivity contribution in [2.45, 2.75) is 41.5 Å². The number of nitrogens with one attached hydrogen (secondary N) is 1. The van der Waals surface area contributed by atoms with Crippen LogP contribution in [0.2, 0.25) is 0 Å². The molecule has 0 radical (unpaired) electrons. The van der Waals surface area contributed by atoms with Crippen LogP contribution in [0.15, 0.2) is 30.5 Å². The molecule has 0 saturated carbocycles. The molecule has 0 atom stereocenters. The van der Waals surface area contributed by atoms with Gasteiger partial charge in [0.15, 0.2) is 5.78 Å². The zero-order chi connectivity index (χ0) is 17.5. The first kappa shape index (κ1) is 22.3. The van der Waals surface area contributed by atoms with Crippen LogP contribution in [-0.4, -0.2) is 30.3 Å². The number of aromatic nitrogens is 1. The molecule has 4 nitrogen and oxygen atoms in total. The summed E-state index contributed by atoms with van der Waals surface area (Å²) in [5, 5.41) is 0.799. The van der Waals surface area contributed by atoms with Gasteiger partial charge in [-0.25, -0.2) is 0 Å². The number of carbonyl (C=O) groups excluding carboxylic acids is 2. The Bertz CT molecular complexity index is 542. The Hall–Kier alpha value is -1.94. The third kappa shape index (κ3) is 7.18. The highest BCUT2D eigenvalue weighted by atomic mass is 16.5. The highest BCUT2D eigenvalue weighted by Crippen LogP contribution is 2.18. The van der Waals surface area contributed by atoms with Gasteiger partial charge in [-0.2, -0.15) is 0 Å². The van der Waals surface area contributed by atoms with E-state index in [2.05, 4.69) is 9.72 Å². The number of hydrogen-bond acceptors (Lipinski definition) is 3. The number of rotatable bonds is 3. The van der Waals surface area contributed by atoms with Crippen molar-refractivity contribution >= 4 is 22.5 Å². The molecule has 0 amide bonds. The van der Waals surface area contributed by atoms with E-state index in [1.165, 1.54) is 6.92 Å². The van der Waals surface area contributed by atoms with Gasteiger partial charge in [0, 0.05) is 37.7 Å². The van der Waals surface area contributed by atoms with Gasteiger partial charge >= 0.3 is 0 Å². The van der Waals surface area contributed by atoms with Crippen molar-refractivity contribution in [3.8, 4) is 0 Å². The van der Waals surface area contributed by atoms with Crippen molar-refractivity contribution < 1.29 is 14.3 Å². The minimum atomic E-state index is -0.442. The summed E-state index contributed by atoms with van der Waals surface area (Å²) in [5.41, 5.74) is 1.32. The molecule has 4 heteroatoms. The van der Waals surface area contributed by atoms with Crippen molar-refractivity contribution in [2.24, 2.45) is 0 Å². The number of aromatic amines is 1. The van der Waals surface area contributed by atoms with E-state index in [0.29, 0.717) is 5.56 Å². The number of H-pyrrole nitrogens is 1. The molecule has 0 bridgehead atoms. The zero-order valence-corrected chi connectivity index (χ0v) is 14.8. The van der Waals surface area contributed by atoms with Gasteiger partial charge in [-0.1, -0.05) is 45.9 Å². The summed E-state index contributed by atoms with van der Waals surface area (Å²) in [7, 11) is 1.68. The van der Waals surface area contributed by atoms with Gasteiger partial charge in [0.1, 0.15) is 0 Å². The molecule has 2 aromatic rings. The maximum atomic E-state index is 11.5. The molecular weight excluding hydrogens is 278 g/mol. The fourth-order valence-electron chi connectivity index (χ4n) is 1.45. The van der Waals surface area contributed by atoms with Crippen molar-refractivity contribution in [1.82, 2.24) is 4.98 Å². The van der Waals surface area contributed by atoms with Crippen LogP contribution in [-0.2, 0) is 9.53 Å². The Morgan fingerprint density at radius 2 is 1.59 bits per heavy atom. The molecule has 1 heterocycles. The van der Waals surface area contributed by atoms with Crippen molar-refractivity contribution in [3.05, 3.63) is 36.0 Å². The number of hydrogen-bond donors (Lipinski definition) is 1. The highest BCUT2D eigenvalue weighted by Gasteiger charge is 2.15. The monoisotopic (exact) mass is 307 g/mol. The number of carbonyl (C=O) groups is 2. The molecule has 124 valence electrons. The van der Waals surface area contributed by atoms with Gasteiger partial charge in [0.2, 0.25) is 5.78 Å². The summed E-state index contributed by atoms with van der Waals surface area (Å²) in [6.45, 7) is 12.1. The van der Waals surface area contributed by atoms with Crippen molar-refractivity contribution in [1.29, 1.82) is 0 Å². The SMILES string of the molecule is CC.CC.CC(=O)C(=O)c1c[nH]c2ccccc12.CCOC. The van der Waals surface area contributed by atoms with Gasteiger partial charge in [0.25, 0.3) is 0 Å². The number of ether oxygens (including phenoxy) is 1. The Labute approximate surface area is 133 Å². The van der Waals surface area contributed by atoms with Crippen LogP contribution in [0.1, 0.15) is 51.9 Å². The summed E-state index contributed by atoms with van der Waals surface area (Å²) in [5.74, 6) is -0.878. The fraction of sp³-hybridized carbons (Fsp3) is 0.444. The van der Waals surface area contributed by atoms with E-state index in [9.17, 15) is 9.59 Å². The number of para-hydroxylation sites is 1. The number of fused-ring (bicyclic) bond motifs is 1. The molecule has 0 aliphatic rings. The average Bonchev–Trinajstić information content (AvgIpc) is 3.02. The summed E-state index contributed by atoms with van der Waals surface area (Å²) in [6.07, 6.45) is 1.58. The van der Waals surface area contributed by atoms with E-state index >= 15 is 0 Å². The summed E-state index contributed by atoms with van der Waals surface area (Å²) in [6, 6.07) is 7.40. The lowest BCUT2D eigenvalue weighted by molar-refractivity contribution is -0.113. The number of benzene rings is 1. The molecule has 0 unspecified atom stereocenters. The van der Waals surface area contributed by atoms with E-state index < -0.39 is 11.6 Å². The first-order valence-corrected chi connectivity index (χ1v) is 7.72. The van der Waals surface area contributed by atoms with Gasteiger partial charge in [0.05, 0.1) is 5.56 Å². The Kier molecular flexibility index (Phi) is 14.2. The number of methoxy groups -OCH3 is 1. The highest BCUT2D eigenvalue weighted by molar-refractivity contribution is 6.45. The second kappa shape index (κ2) is 14.0. The molecule has 1 aromatic carbocycles. The summed E-state index contributed by atoms with van der Waals surface area (Å²) >= 11 is 0. The molecule has 1 N–H and O–H groups in total. The van der Waals surface area contributed by atoms with Gasteiger partial charge in [-0.05, 0) is 13.0 Å². The van der Waals surface area contributed by atoms with Crippen molar-refractivity contribution in [2.75, 3.05) is 13.7 Å². The Morgan fingerprint density at radius 1 is 1.09 bits per heavy atom. The standard InChI is InChI=1S/C11H9NO2.C3H8O.2C2H6/c1-7(13)11(14)9-6-12-10-5-3-2-4-8(9)10;1-3-4-2;2*1-2/h2-6,12H,1H3;3H2,1-2H3;2*1-2H3. The average molecular weight is 307 g/mol. The van der Waals surface area contributed by atoms with E-state index in [1.54, 1.807) is 13.3 Å². The number of Topliss-reactive ketones (excluding diaryl/α,β-unsaturated/α-hetero) is 2. The molecule has 0 saturated heterocycles. The summed E-state index contributed by atoms with van der Waals surface area (Å²) < 4.78 is 4.54. The van der Waals surface area contributed by atoms with Crippen LogP contribution in [0.4, 0.5) is 0 Å². The van der Waals surface area contributed by atoms with Crippen LogP contribution in [0, 0.1) is 0 Å². The quantitative estimate of drug-likeness (QED) is 0.663. The largest absolute Gasteiger partial charge is 0.385 e. The Morgan fingerprint density at radius 3 is 2.05 bits per heavy atom. The molecule has 0 fully saturated rings. The third-order valence-corrected chi connectivity index (χ3v) is 2.44. The number of ketones is 2. The van der Waals surface area contributed by atoms with E-state index in [4.69, 9.17) is 0 Å². The molecule has 1 aromatic heterocycles. The van der Waals surface area contributed by atoms with Gasteiger partial charge in [-0.15, -0.1) is 0 Å². The lowest BCUT2D eigenvalue weighted by Crippen LogP contribution is -2.08. The Balaban J connectivity index is 0. The van der Waals surface area contributed by atoms with Crippen LogP contribution < -0.4 is 0 Å². The zero-order valence-electron chi connectivity index (χ0n) is 14.8. The van der Waals surface area contributed by atoms with Crippen LogP contribution in [0.5, 0.6) is 0 Å². The van der Waals surface area contributed by atoms with Crippen LogP contribution >= 0.6 is 0 Å². The molecular formula is C18H29NO3. The normalized spacial score (nSPS) is 8.50. The third-order valence-electron chi connectivity index (χ3n) is 2.44. The smallest absolute Gasteiger partial charge is 0.230 e. The second-order valence-corrected chi connectivity index (χ2v) is 3.71. The van der Waals surface area contributed by atoms with E-state index in [1.807, 2.05) is 58.9 Å². The minimum absolute atomic E-state index is 0.435. The van der Waals surface area contributed by atoms with Gasteiger partial charge < -0.3 is 9.72 Å². The van der Waals surface area contributed by atoms with Crippen LogP contribution in [0.3, 0.4) is 0 Å². The predicted molar refractivity (Wildman–Crippen MR) is 93.6 cm³/mol. The maximum Gasteiger partial charge on any atom is 0.230 e. The van der Waals surface area contributed by atoms with Crippen LogP contribution in [0.25, 0.3) is 10.9 Å². The molecule has 2 rings (SSSR count). The lowest BCUT2D eigenvalue weighted by Gasteiger charge is -1.93. The molecule has 0 spiro atoms. The second-order valence-electron chi connectivity index (χ2n) is 3.71. The molecule has 22 heavy (non-hydrogen) atoms. The molecule has 0 aliphatic carbocycles. The first-order valence-electron chi connectivity index (χ1n) is 7.72. The molecule has 0 aliphatic heterocycles. The van der Waals surface area contributed by atoms with Gasteiger partial charge in [-0.3, -0.25) is 9.59 Å². The van der Waals surface area contributed by atoms with E-state index in [-0.39, 0.29) is 0 Å². The minimum Gasteiger partial charge on any atom is -0.385 e. The topological polar surface area (TPSA) is 59.2 Å². The van der Waals surface area contributed by atoms with Crippen molar-refractivity contribution in [3.63, 3.8) is 0 Å². The lowest BCUT2D eigenvalue weighted by atomic mass is 10.1. The first-order chi connectivity index (χ1) is 10.6. The summed E-state index contributed by atoms with van der Waals surface area (Å²) in [4.78, 5) is 25.3. The maximum absolute atomic E-state index is 11.5. The fourth-order valence-corrected chi connectivity index (χ4v) is 1.45. The van der Waals surface area contributed by atoms with E-state index in [0.717, 1.165) is 17.5 Å². The predicted octanol–water partition coefficient (Wildman–Crippen LogP) is 4.64.